The zero-order valence-electron chi connectivity index (χ0n) is 8.70. The molecule has 0 unspecified atom stereocenters. The van der Waals surface area contributed by atoms with Crippen LogP contribution in [0.5, 0.6) is 0 Å². The third kappa shape index (κ3) is 4.39. The summed E-state index contributed by atoms with van der Waals surface area (Å²) in [5.74, 6) is 0.498. The molecule has 5 heteroatoms. The molecular formula is C9H20N2O2S. The highest BCUT2D eigenvalue weighted by Gasteiger charge is 2.20. The summed E-state index contributed by atoms with van der Waals surface area (Å²) >= 11 is 0. The van der Waals surface area contributed by atoms with Gasteiger partial charge in [0.15, 0.2) is 0 Å². The lowest BCUT2D eigenvalue weighted by atomic mass is 9.84. The van der Waals surface area contributed by atoms with Crippen LogP contribution in [-0.4, -0.2) is 27.3 Å². The van der Waals surface area contributed by atoms with Gasteiger partial charge in [0.1, 0.15) is 0 Å². The summed E-state index contributed by atoms with van der Waals surface area (Å²) in [5.41, 5.74) is 5.93. The molecule has 0 spiro atoms. The van der Waals surface area contributed by atoms with Crippen LogP contribution >= 0.6 is 0 Å². The fourth-order valence-electron chi connectivity index (χ4n) is 1.98. The number of hydrogen-bond acceptors (Lipinski definition) is 3. The number of hydrogen-bond donors (Lipinski definition) is 2. The summed E-state index contributed by atoms with van der Waals surface area (Å²) in [6, 6.07) is -0.0231. The van der Waals surface area contributed by atoms with Crippen molar-refractivity contribution in [3.63, 3.8) is 0 Å². The summed E-state index contributed by atoms with van der Waals surface area (Å²) in [5, 5.41) is 0. The van der Waals surface area contributed by atoms with E-state index in [1.165, 1.54) is 25.5 Å². The van der Waals surface area contributed by atoms with Crippen molar-refractivity contribution in [2.75, 3.05) is 12.8 Å². The lowest BCUT2D eigenvalue weighted by Gasteiger charge is -2.27. The standard InChI is InChI=1S/C9H20N2O2S/c1-14(12,13)11-7-9(10)8-5-3-2-4-6-8/h8-9,11H,2-7,10H2,1H3/t9-/m1/s1. The van der Waals surface area contributed by atoms with Crippen molar-refractivity contribution in [1.29, 1.82) is 0 Å². The highest BCUT2D eigenvalue weighted by molar-refractivity contribution is 7.88. The molecule has 1 fully saturated rings. The van der Waals surface area contributed by atoms with E-state index in [4.69, 9.17) is 5.73 Å². The van der Waals surface area contributed by atoms with E-state index in [-0.39, 0.29) is 6.04 Å². The van der Waals surface area contributed by atoms with Gasteiger partial charge in [-0.2, -0.15) is 0 Å². The molecule has 1 aliphatic rings. The molecule has 1 aliphatic carbocycles. The van der Waals surface area contributed by atoms with E-state index in [0.29, 0.717) is 12.5 Å². The second-order valence-corrected chi connectivity index (χ2v) is 6.02. The maximum Gasteiger partial charge on any atom is 0.208 e. The van der Waals surface area contributed by atoms with Crippen LogP contribution in [0.1, 0.15) is 32.1 Å². The molecule has 84 valence electrons. The molecule has 0 bridgehead atoms. The van der Waals surface area contributed by atoms with E-state index in [1.807, 2.05) is 0 Å². The van der Waals surface area contributed by atoms with Gasteiger partial charge in [0.25, 0.3) is 0 Å². The van der Waals surface area contributed by atoms with E-state index in [9.17, 15) is 8.42 Å². The summed E-state index contributed by atoms with van der Waals surface area (Å²) in [6.45, 7) is 0.378. The Kier molecular flexibility index (Phi) is 4.34. The molecule has 1 atom stereocenters. The highest BCUT2D eigenvalue weighted by atomic mass is 32.2. The van der Waals surface area contributed by atoms with Gasteiger partial charge in [0.2, 0.25) is 10.0 Å². The molecule has 0 amide bonds. The van der Waals surface area contributed by atoms with Gasteiger partial charge in [-0.1, -0.05) is 19.3 Å². The van der Waals surface area contributed by atoms with Gasteiger partial charge in [-0.05, 0) is 18.8 Å². The van der Waals surface area contributed by atoms with Gasteiger partial charge in [0, 0.05) is 12.6 Å². The quantitative estimate of drug-likeness (QED) is 0.722. The molecule has 0 heterocycles. The minimum absolute atomic E-state index is 0.0231. The first-order chi connectivity index (χ1) is 6.49. The predicted molar refractivity (Wildman–Crippen MR) is 57.4 cm³/mol. The Hall–Kier alpha value is -0.130. The van der Waals surface area contributed by atoms with E-state index >= 15 is 0 Å². The second-order valence-electron chi connectivity index (χ2n) is 4.18. The monoisotopic (exact) mass is 220 g/mol. The largest absolute Gasteiger partial charge is 0.326 e. The highest BCUT2D eigenvalue weighted by Crippen LogP contribution is 2.25. The van der Waals surface area contributed by atoms with Crippen molar-refractivity contribution in [2.45, 2.75) is 38.1 Å². The molecule has 1 rings (SSSR count). The molecule has 0 saturated heterocycles. The topological polar surface area (TPSA) is 72.2 Å². The Balaban J connectivity index is 2.30. The third-order valence-corrected chi connectivity index (χ3v) is 3.53. The van der Waals surface area contributed by atoms with Gasteiger partial charge in [-0.3, -0.25) is 0 Å². The van der Waals surface area contributed by atoms with Gasteiger partial charge in [0.05, 0.1) is 6.26 Å². The molecule has 0 aliphatic heterocycles. The first kappa shape index (κ1) is 11.9. The van der Waals surface area contributed by atoms with Crippen molar-refractivity contribution in [3.05, 3.63) is 0 Å². The van der Waals surface area contributed by atoms with Crippen molar-refractivity contribution in [3.8, 4) is 0 Å². The van der Waals surface area contributed by atoms with Crippen LogP contribution in [0, 0.1) is 5.92 Å². The number of sulfonamides is 1. The maximum atomic E-state index is 10.9. The van der Waals surface area contributed by atoms with Crippen molar-refractivity contribution in [1.82, 2.24) is 4.72 Å². The Morgan fingerprint density at radius 3 is 2.43 bits per heavy atom. The summed E-state index contributed by atoms with van der Waals surface area (Å²) in [6.07, 6.45) is 7.22. The molecule has 0 aromatic heterocycles. The summed E-state index contributed by atoms with van der Waals surface area (Å²) < 4.78 is 24.2. The third-order valence-electron chi connectivity index (χ3n) is 2.84. The van der Waals surface area contributed by atoms with Crippen LogP contribution < -0.4 is 10.5 Å². The average molecular weight is 220 g/mol. The van der Waals surface area contributed by atoms with Gasteiger partial charge in [-0.15, -0.1) is 0 Å². The number of rotatable bonds is 4. The van der Waals surface area contributed by atoms with Crippen molar-refractivity contribution in [2.24, 2.45) is 11.7 Å². The average Bonchev–Trinajstić information content (AvgIpc) is 2.14. The lowest BCUT2D eigenvalue weighted by Crippen LogP contribution is -2.42. The molecule has 3 N–H and O–H groups in total. The normalized spacial score (nSPS) is 22.1. The van der Waals surface area contributed by atoms with E-state index in [1.54, 1.807) is 0 Å². The molecule has 0 radical (unpaired) electrons. The van der Waals surface area contributed by atoms with Crippen LogP contribution in [0.15, 0.2) is 0 Å². The Morgan fingerprint density at radius 1 is 1.36 bits per heavy atom. The Morgan fingerprint density at radius 2 is 1.93 bits per heavy atom. The smallest absolute Gasteiger partial charge is 0.208 e. The van der Waals surface area contributed by atoms with Gasteiger partial charge in [-0.25, -0.2) is 13.1 Å². The predicted octanol–water partition coefficient (Wildman–Crippen LogP) is 0.443. The molecular weight excluding hydrogens is 200 g/mol. The van der Waals surface area contributed by atoms with Crippen molar-refractivity contribution >= 4 is 10.0 Å². The minimum Gasteiger partial charge on any atom is -0.326 e. The van der Waals surface area contributed by atoms with E-state index in [0.717, 1.165) is 12.8 Å². The van der Waals surface area contributed by atoms with Crippen LogP contribution in [-0.2, 0) is 10.0 Å². The summed E-state index contributed by atoms with van der Waals surface area (Å²) in [7, 11) is -3.09. The first-order valence-electron chi connectivity index (χ1n) is 5.19. The van der Waals surface area contributed by atoms with Crippen molar-refractivity contribution < 1.29 is 8.42 Å². The van der Waals surface area contributed by atoms with Crippen LogP contribution in [0.3, 0.4) is 0 Å². The van der Waals surface area contributed by atoms with Crippen LogP contribution in [0.4, 0.5) is 0 Å². The number of nitrogens with one attached hydrogen (secondary N) is 1. The van der Waals surface area contributed by atoms with Crippen LogP contribution in [0.2, 0.25) is 0 Å². The summed E-state index contributed by atoms with van der Waals surface area (Å²) in [4.78, 5) is 0. The molecule has 1 saturated carbocycles. The molecule has 4 nitrogen and oxygen atoms in total. The Bertz CT molecular complexity index is 258. The van der Waals surface area contributed by atoms with Crippen LogP contribution in [0.25, 0.3) is 0 Å². The molecule has 14 heavy (non-hydrogen) atoms. The van der Waals surface area contributed by atoms with Gasteiger partial charge >= 0.3 is 0 Å². The molecule has 0 aromatic carbocycles. The minimum atomic E-state index is -3.09. The number of nitrogens with two attached hydrogens (primary N) is 1. The Labute approximate surface area is 86.3 Å². The zero-order chi connectivity index (χ0) is 10.6. The second kappa shape index (κ2) is 5.09. The van der Waals surface area contributed by atoms with E-state index < -0.39 is 10.0 Å². The lowest BCUT2D eigenvalue weighted by molar-refractivity contribution is 0.304. The molecule has 0 aromatic rings. The fraction of sp³-hybridized carbons (Fsp3) is 1.00. The zero-order valence-corrected chi connectivity index (χ0v) is 9.52. The first-order valence-corrected chi connectivity index (χ1v) is 7.08. The SMILES string of the molecule is CS(=O)(=O)NC[C@@H](N)C1CCCCC1. The fourth-order valence-corrected chi connectivity index (χ4v) is 2.47. The van der Waals surface area contributed by atoms with Gasteiger partial charge < -0.3 is 5.73 Å². The van der Waals surface area contributed by atoms with E-state index in [2.05, 4.69) is 4.72 Å². The maximum absolute atomic E-state index is 10.9.